The quantitative estimate of drug-likeness (QED) is 0.548. The highest BCUT2D eigenvalue weighted by Gasteiger charge is 2.29. The van der Waals surface area contributed by atoms with E-state index in [9.17, 15) is 0 Å². The smallest absolute Gasteiger partial charge is 0.00143 e. The van der Waals surface area contributed by atoms with E-state index in [1.807, 2.05) is 6.08 Å². The molecule has 0 heterocycles. The summed E-state index contributed by atoms with van der Waals surface area (Å²) in [4.78, 5) is 0. The van der Waals surface area contributed by atoms with E-state index in [0.717, 1.165) is 24.8 Å². The molecule has 0 radical (unpaired) electrons. The average molecular weight is 223 g/mol. The molecular formula is C15H29N. The van der Waals surface area contributed by atoms with Crippen molar-refractivity contribution >= 4 is 0 Å². The van der Waals surface area contributed by atoms with E-state index >= 15 is 0 Å². The van der Waals surface area contributed by atoms with Crippen LogP contribution >= 0.6 is 0 Å². The maximum atomic E-state index is 3.74. The van der Waals surface area contributed by atoms with E-state index in [1.165, 1.54) is 32.2 Å². The lowest BCUT2D eigenvalue weighted by atomic mass is 9.70. The van der Waals surface area contributed by atoms with Crippen LogP contribution in [0.1, 0.15) is 52.9 Å². The van der Waals surface area contributed by atoms with Crippen molar-refractivity contribution in [2.45, 2.75) is 52.9 Å². The van der Waals surface area contributed by atoms with Crippen LogP contribution in [0.3, 0.4) is 0 Å². The van der Waals surface area contributed by atoms with Crippen LogP contribution < -0.4 is 5.32 Å². The summed E-state index contributed by atoms with van der Waals surface area (Å²) >= 11 is 0. The largest absolute Gasteiger partial charge is 0.316 e. The lowest BCUT2D eigenvalue weighted by molar-refractivity contribution is 0.149. The molecule has 0 aromatic heterocycles. The molecule has 1 N–H and O–H groups in total. The zero-order valence-electron chi connectivity index (χ0n) is 11.4. The molecule has 1 nitrogen and oxygen atoms in total. The summed E-state index contributed by atoms with van der Waals surface area (Å²) in [5, 5.41) is 3.54. The summed E-state index contributed by atoms with van der Waals surface area (Å²) in [7, 11) is 0. The van der Waals surface area contributed by atoms with Gasteiger partial charge in [-0.2, -0.15) is 0 Å². The SMILES string of the molecule is C=CCCNCC1CCC(C(C)(C)C)CC1. The standard InChI is InChI=1S/C15H29N/c1-5-6-11-16-12-13-7-9-14(10-8-13)15(2,3)4/h5,13-14,16H,1,6-12H2,2-4H3. The molecule has 1 saturated carbocycles. The molecule has 0 atom stereocenters. The van der Waals surface area contributed by atoms with Gasteiger partial charge in [0.25, 0.3) is 0 Å². The second kappa shape index (κ2) is 6.44. The van der Waals surface area contributed by atoms with Crippen molar-refractivity contribution in [1.29, 1.82) is 0 Å². The van der Waals surface area contributed by atoms with E-state index < -0.39 is 0 Å². The Labute approximate surface area is 102 Å². The van der Waals surface area contributed by atoms with Gasteiger partial charge in [-0.3, -0.25) is 0 Å². The summed E-state index contributed by atoms with van der Waals surface area (Å²) in [5.41, 5.74) is 0.515. The molecule has 0 unspecified atom stereocenters. The van der Waals surface area contributed by atoms with Gasteiger partial charge in [0.2, 0.25) is 0 Å². The van der Waals surface area contributed by atoms with Crippen molar-refractivity contribution in [3.05, 3.63) is 12.7 Å². The molecule has 94 valence electrons. The summed E-state index contributed by atoms with van der Waals surface area (Å²) in [5.74, 6) is 1.86. The number of rotatable bonds is 5. The van der Waals surface area contributed by atoms with E-state index in [2.05, 4.69) is 32.7 Å². The maximum Gasteiger partial charge on any atom is -0.00143 e. The molecule has 16 heavy (non-hydrogen) atoms. The molecule has 1 fully saturated rings. The lowest BCUT2D eigenvalue weighted by Crippen LogP contribution is -2.30. The van der Waals surface area contributed by atoms with Crippen molar-refractivity contribution in [3.63, 3.8) is 0 Å². The minimum Gasteiger partial charge on any atom is -0.316 e. The van der Waals surface area contributed by atoms with Gasteiger partial charge < -0.3 is 5.32 Å². The fourth-order valence-electron chi connectivity index (χ4n) is 2.74. The molecule has 0 bridgehead atoms. The van der Waals surface area contributed by atoms with Crippen molar-refractivity contribution in [1.82, 2.24) is 5.32 Å². The minimum absolute atomic E-state index is 0.515. The molecule has 0 aromatic carbocycles. The van der Waals surface area contributed by atoms with Crippen LogP contribution in [-0.2, 0) is 0 Å². The predicted molar refractivity (Wildman–Crippen MR) is 72.6 cm³/mol. The zero-order valence-corrected chi connectivity index (χ0v) is 11.4. The van der Waals surface area contributed by atoms with Gasteiger partial charge in [0.05, 0.1) is 0 Å². The van der Waals surface area contributed by atoms with E-state index in [-0.39, 0.29) is 0 Å². The van der Waals surface area contributed by atoms with E-state index in [4.69, 9.17) is 0 Å². The maximum absolute atomic E-state index is 3.74. The Morgan fingerprint density at radius 2 is 1.81 bits per heavy atom. The van der Waals surface area contributed by atoms with Gasteiger partial charge in [-0.25, -0.2) is 0 Å². The molecule has 0 amide bonds. The van der Waals surface area contributed by atoms with Crippen LogP contribution in [0.5, 0.6) is 0 Å². The molecule has 0 aliphatic heterocycles. The van der Waals surface area contributed by atoms with Crippen molar-refractivity contribution in [2.24, 2.45) is 17.3 Å². The minimum atomic E-state index is 0.515. The Morgan fingerprint density at radius 1 is 1.19 bits per heavy atom. The normalized spacial score (nSPS) is 26.7. The third-order valence-corrected chi connectivity index (χ3v) is 4.03. The Bertz CT molecular complexity index is 194. The van der Waals surface area contributed by atoms with Crippen LogP contribution in [0.4, 0.5) is 0 Å². The Hall–Kier alpha value is -0.300. The highest BCUT2D eigenvalue weighted by molar-refractivity contribution is 4.81. The fourth-order valence-corrected chi connectivity index (χ4v) is 2.74. The second-order valence-electron chi connectivity index (χ2n) is 6.37. The average Bonchev–Trinajstić information content (AvgIpc) is 2.24. The van der Waals surface area contributed by atoms with Gasteiger partial charge >= 0.3 is 0 Å². The fraction of sp³-hybridized carbons (Fsp3) is 0.867. The summed E-state index contributed by atoms with van der Waals surface area (Å²) in [6.07, 6.45) is 8.78. The molecule has 1 aliphatic rings. The number of nitrogens with one attached hydrogen (secondary N) is 1. The molecule has 0 spiro atoms. The topological polar surface area (TPSA) is 12.0 Å². The highest BCUT2D eigenvalue weighted by Crippen LogP contribution is 2.39. The first-order valence-corrected chi connectivity index (χ1v) is 6.85. The molecule has 1 rings (SSSR count). The van der Waals surface area contributed by atoms with Crippen LogP contribution in [0.25, 0.3) is 0 Å². The molecule has 0 saturated heterocycles. The van der Waals surface area contributed by atoms with Gasteiger partial charge in [0.15, 0.2) is 0 Å². The predicted octanol–water partition coefficient (Wildman–Crippen LogP) is 4.00. The first-order chi connectivity index (χ1) is 7.54. The summed E-state index contributed by atoms with van der Waals surface area (Å²) in [6.45, 7) is 13.2. The molecule has 0 aromatic rings. The van der Waals surface area contributed by atoms with E-state index in [0.29, 0.717) is 5.41 Å². The van der Waals surface area contributed by atoms with Gasteiger partial charge in [-0.05, 0) is 62.4 Å². The van der Waals surface area contributed by atoms with Gasteiger partial charge in [0.1, 0.15) is 0 Å². The van der Waals surface area contributed by atoms with Crippen molar-refractivity contribution in [3.8, 4) is 0 Å². The van der Waals surface area contributed by atoms with Crippen LogP contribution in [0, 0.1) is 17.3 Å². The van der Waals surface area contributed by atoms with Gasteiger partial charge in [0, 0.05) is 0 Å². The Kier molecular flexibility index (Phi) is 5.54. The van der Waals surface area contributed by atoms with Crippen molar-refractivity contribution in [2.75, 3.05) is 13.1 Å². The number of hydrogen-bond acceptors (Lipinski definition) is 1. The summed E-state index contributed by atoms with van der Waals surface area (Å²) < 4.78 is 0. The Balaban J connectivity index is 2.14. The first kappa shape index (κ1) is 13.8. The molecule has 1 heteroatoms. The number of hydrogen-bond donors (Lipinski definition) is 1. The lowest BCUT2D eigenvalue weighted by Gasteiger charge is -2.37. The molecule has 1 aliphatic carbocycles. The van der Waals surface area contributed by atoms with E-state index in [1.54, 1.807) is 0 Å². The third kappa shape index (κ3) is 4.69. The van der Waals surface area contributed by atoms with Gasteiger partial charge in [-0.1, -0.05) is 26.8 Å². The van der Waals surface area contributed by atoms with Crippen LogP contribution in [0.2, 0.25) is 0 Å². The van der Waals surface area contributed by atoms with Crippen LogP contribution in [0.15, 0.2) is 12.7 Å². The van der Waals surface area contributed by atoms with Gasteiger partial charge in [-0.15, -0.1) is 6.58 Å². The van der Waals surface area contributed by atoms with Crippen LogP contribution in [-0.4, -0.2) is 13.1 Å². The molecular weight excluding hydrogens is 194 g/mol. The highest BCUT2D eigenvalue weighted by atomic mass is 14.9. The zero-order chi connectivity index (χ0) is 12.0. The van der Waals surface area contributed by atoms with Crippen molar-refractivity contribution < 1.29 is 0 Å². The first-order valence-electron chi connectivity index (χ1n) is 6.85. The Morgan fingerprint density at radius 3 is 2.31 bits per heavy atom. The summed E-state index contributed by atoms with van der Waals surface area (Å²) in [6, 6.07) is 0. The second-order valence-corrected chi connectivity index (χ2v) is 6.37. The monoisotopic (exact) mass is 223 g/mol. The third-order valence-electron chi connectivity index (χ3n) is 4.03.